The molecule has 138 valence electrons. The summed E-state index contributed by atoms with van der Waals surface area (Å²) in [6.45, 7) is 7.80. The third-order valence-electron chi connectivity index (χ3n) is 4.54. The fourth-order valence-corrected chi connectivity index (χ4v) is 3.13. The fraction of sp³-hybridized carbons (Fsp3) is 0.136. The van der Waals surface area contributed by atoms with Crippen LogP contribution in [0.4, 0.5) is 11.4 Å². The van der Waals surface area contributed by atoms with Gasteiger partial charge in [-0.05, 0) is 54.8 Å². The summed E-state index contributed by atoms with van der Waals surface area (Å²) in [6.07, 6.45) is 3.39. The van der Waals surface area contributed by atoms with Crippen LogP contribution in [0.1, 0.15) is 28.5 Å². The van der Waals surface area contributed by atoms with Gasteiger partial charge in [0.05, 0.1) is 12.2 Å². The van der Waals surface area contributed by atoms with Crippen LogP contribution >= 0.6 is 0 Å². The van der Waals surface area contributed by atoms with Crippen LogP contribution in [-0.4, -0.2) is 17.6 Å². The number of aryl methyl sites for hydroxylation is 1. The molecule has 3 rings (SSSR count). The van der Waals surface area contributed by atoms with E-state index in [1.54, 1.807) is 19.2 Å². The second-order valence-electron chi connectivity index (χ2n) is 6.27. The van der Waals surface area contributed by atoms with Gasteiger partial charge < -0.3 is 21.2 Å². The number of aromatic nitrogens is 1. The van der Waals surface area contributed by atoms with Crippen molar-refractivity contribution in [1.82, 2.24) is 4.98 Å². The minimum atomic E-state index is -0.372. The predicted molar refractivity (Wildman–Crippen MR) is 111 cm³/mol. The van der Waals surface area contributed by atoms with Gasteiger partial charge in [-0.15, -0.1) is 0 Å². The second kappa shape index (κ2) is 7.41. The van der Waals surface area contributed by atoms with Gasteiger partial charge in [-0.1, -0.05) is 24.8 Å². The Morgan fingerprint density at radius 2 is 1.81 bits per heavy atom. The first-order valence-corrected chi connectivity index (χ1v) is 8.73. The Morgan fingerprint density at radius 1 is 1.15 bits per heavy atom. The molecule has 0 amide bonds. The van der Waals surface area contributed by atoms with Crippen molar-refractivity contribution in [2.75, 3.05) is 18.1 Å². The predicted octanol–water partition coefficient (Wildman–Crippen LogP) is 4.64. The molecular formula is C22H23N3O2. The highest BCUT2D eigenvalue weighted by molar-refractivity contribution is 6.00. The van der Waals surface area contributed by atoms with E-state index in [0.29, 0.717) is 23.5 Å². The maximum absolute atomic E-state index is 12.3. The Balaban J connectivity index is 2.14. The third-order valence-corrected chi connectivity index (χ3v) is 4.54. The van der Waals surface area contributed by atoms with Gasteiger partial charge in [0.15, 0.2) is 0 Å². The number of benzene rings is 2. The minimum Gasteiger partial charge on any atom is -0.462 e. The molecule has 0 spiro atoms. The number of carbonyl (C=O) groups is 1. The van der Waals surface area contributed by atoms with Crippen molar-refractivity contribution < 1.29 is 9.53 Å². The number of aromatic amines is 1. The number of nitrogens with one attached hydrogen (secondary N) is 1. The number of hydrogen-bond donors (Lipinski definition) is 3. The Labute approximate surface area is 158 Å². The van der Waals surface area contributed by atoms with Crippen LogP contribution in [0.3, 0.4) is 0 Å². The summed E-state index contributed by atoms with van der Waals surface area (Å²) in [5.41, 5.74) is 19.2. The molecule has 0 bridgehead atoms. The number of ether oxygens (including phenoxy) is 1. The molecule has 1 aromatic heterocycles. The van der Waals surface area contributed by atoms with Crippen molar-refractivity contribution in [3.63, 3.8) is 0 Å². The second-order valence-corrected chi connectivity index (χ2v) is 6.27. The molecule has 3 aromatic rings. The first-order valence-electron chi connectivity index (χ1n) is 8.73. The summed E-state index contributed by atoms with van der Waals surface area (Å²) in [6, 6.07) is 11.6. The number of esters is 1. The maximum Gasteiger partial charge on any atom is 0.340 e. The zero-order chi connectivity index (χ0) is 19.6. The molecule has 0 unspecified atom stereocenters. The van der Waals surface area contributed by atoms with Crippen LogP contribution in [0.2, 0.25) is 0 Å². The van der Waals surface area contributed by atoms with Crippen molar-refractivity contribution in [3.8, 4) is 22.3 Å². The largest absolute Gasteiger partial charge is 0.462 e. The lowest BCUT2D eigenvalue weighted by atomic mass is 9.94. The number of nitrogens with two attached hydrogens (primary N) is 2. The summed E-state index contributed by atoms with van der Waals surface area (Å²) >= 11 is 0. The molecule has 1 heterocycles. The Bertz CT molecular complexity index is 1020. The molecule has 0 aliphatic carbocycles. The Morgan fingerprint density at radius 3 is 2.48 bits per heavy atom. The van der Waals surface area contributed by atoms with E-state index in [2.05, 4.69) is 11.6 Å². The van der Waals surface area contributed by atoms with Gasteiger partial charge in [0.25, 0.3) is 0 Å². The van der Waals surface area contributed by atoms with Crippen LogP contribution in [0.25, 0.3) is 28.3 Å². The molecule has 0 saturated heterocycles. The summed E-state index contributed by atoms with van der Waals surface area (Å²) in [5.74, 6) is -0.372. The van der Waals surface area contributed by atoms with E-state index in [4.69, 9.17) is 16.2 Å². The number of hydrogen-bond acceptors (Lipinski definition) is 4. The lowest BCUT2D eigenvalue weighted by molar-refractivity contribution is 0.0527. The quantitative estimate of drug-likeness (QED) is 0.456. The summed E-state index contributed by atoms with van der Waals surface area (Å²) < 4.78 is 5.18. The molecule has 0 fully saturated rings. The first kappa shape index (κ1) is 18.3. The lowest BCUT2D eigenvalue weighted by Crippen LogP contribution is -2.05. The molecule has 5 nitrogen and oxygen atoms in total. The van der Waals surface area contributed by atoms with Crippen LogP contribution in [0, 0.1) is 6.92 Å². The van der Waals surface area contributed by atoms with E-state index in [9.17, 15) is 4.79 Å². The van der Waals surface area contributed by atoms with Crippen LogP contribution in [-0.2, 0) is 4.74 Å². The molecule has 5 heteroatoms. The summed E-state index contributed by atoms with van der Waals surface area (Å²) in [5, 5.41) is 0. The third kappa shape index (κ3) is 3.44. The van der Waals surface area contributed by atoms with E-state index in [-0.39, 0.29) is 5.97 Å². The van der Waals surface area contributed by atoms with E-state index in [1.807, 2.05) is 43.3 Å². The van der Waals surface area contributed by atoms with Crippen molar-refractivity contribution in [2.45, 2.75) is 13.8 Å². The van der Waals surface area contributed by atoms with Crippen molar-refractivity contribution in [1.29, 1.82) is 0 Å². The van der Waals surface area contributed by atoms with Gasteiger partial charge in [0.1, 0.15) is 0 Å². The average molecular weight is 361 g/mol. The van der Waals surface area contributed by atoms with E-state index in [0.717, 1.165) is 33.5 Å². The smallest absolute Gasteiger partial charge is 0.340 e. The zero-order valence-corrected chi connectivity index (χ0v) is 15.5. The molecule has 27 heavy (non-hydrogen) atoms. The first-order chi connectivity index (χ1) is 13.0. The van der Waals surface area contributed by atoms with Crippen molar-refractivity contribution in [2.24, 2.45) is 0 Å². The molecule has 0 saturated carbocycles. The van der Waals surface area contributed by atoms with Crippen LogP contribution in [0.5, 0.6) is 0 Å². The van der Waals surface area contributed by atoms with E-state index in [1.165, 1.54) is 0 Å². The normalized spacial score (nSPS) is 10.6. The van der Waals surface area contributed by atoms with Gasteiger partial charge in [-0.25, -0.2) is 4.79 Å². The van der Waals surface area contributed by atoms with Crippen molar-refractivity contribution in [3.05, 3.63) is 66.0 Å². The molecule has 5 N–H and O–H groups in total. The standard InChI is InChI=1S/C22H23N3O2/c1-4-14-10-15(6-8-19(14)23)16-7-9-20(24)17(11-16)21-13(3)25-12-18(21)22(26)27-5-2/h4,6-12,25H,1,5,23-24H2,2-3H3. The highest BCUT2D eigenvalue weighted by Gasteiger charge is 2.20. The maximum atomic E-state index is 12.3. The van der Waals surface area contributed by atoms with Gasteiger partial charge in [0, 0.05) is 34.4 Å². The Kier molecular flexibility index (Phi) is 5.03. The SMILES string of the molecule is C=Cc1cc(-c2ccc(N)c(-c3c(C(=O)OCC)c[nH]c3C)c2)ccc1N. The fourth-order valence-electron chi connectivity index (χ4n) is 3.13. The molecular weight excluding hydrogens is 338 g/mol. The number of carbonyl (C=O) groups excluding carboxylic acids is 1. The monoisotopic (exact) mass is 361 g/mol. The lowest BCUT2D eigenvalue weighted by Gasteiger charge is -2.12. The minimum absolute atomic E-state index is 0.313. The van der Waals surface area contributed by atoms with Crippen molar-refractivity contribution >= 4 is 23.4 Å². The topological polar surface area (TPSA) is 94.1 Å². The molecule has 0 radical (unpaired) electrons. The highest BCUT2D eigenvalue weighted by Crippen LogP contribution is 2.36. The van der Waals surface area contributed by atoms with E-state index < -0.39 is 0 Å². The molecule has 0 atom stereocenters. The van der Waals surface area contributed by atoms with Gasteiger partial charge in [-0.3, -0.25) is 0 Å². The van der Waals surface area contributed by atoms with Gasteiger partial charge >= 0.3 is 5.97 Å². The number of anilines is 2. The number of H-pyrrole nitrogens is 1. The van der Waals surface area contributed by atoms with E-state index >= 15 is 0 Å². The molecule has 0 aliphatic rings. The number of nitrogen functional groups attached to an aromatic ring is 2. The van der Waals surface area contributed by atoms with Crippen LogP contribution < -0.4 is 11.5 Å². The van der Waals surface area contributed by atoms with Gasteiger partial charge in [0.2, 0.25) is 0 Å². The average Bonchev–Trinajstić information content (AvgIpc) is 3.04. The van der Waals surface area contributed by atoms with Crippen LogP contribution in [0.15, 0.2) is 49.2 Å². The molecule has 0 aliphatic heterocycles. The Hall–Kier alpha value is -3.47. The number of rotatable bonds is 5. The molecule has 2 aromatic carbocycles. The highest BCUT2D eigenvalue weighted by atomic mass is 16.5. The zero-order valence-electron chi connectivity index (χ0n) is 15.5. The summed E-state index contributed by atoms with van der Waals surface area (Å²) in [7, 11) is 0. The van der Waals surface area contributed by atoms with Gasteiger partial charge in [-0.2, -0.15) is 0 Å². The summed E-state index contributed by atoms with van der Waals surface area (Å²) in [4.78, 5) is 15.4.